The standard InChI is InChI=1S/C10H16/c1-5-6-7-8-10(4)9(2)3/h5-9H,4H2,1-3H3/b6-5-,8-7-. The van der Waals surface area contributed by atoms with Crippen LogP contribution in [0.4, 0.5) is 0 Å². The third kappa shape index (κ3) is 4.13. The Bertz CT molecular complexity index is 147. The van der Waals surface area contributed by atoms with Crippen LogP contribution in [0.25, 0.3) is 0 Å². The first-order valence-corrected chi connectivity index (χ1v) is 3.66. The lowest BCUT2D eigenvalue weighted by atomic mass is 10.1. The molecule has 0 rings (SSSR count). The lowest BCUT2D eigenvalue weighted by molar-refractivity contribution is 0.795. The molecule has 0 aliphatic heterocycles. The van der Waals surface area contributed by atoms with E-state index in [0.717, 1.165) is 0 Å². The summed E-state index contributed by atoms with van der Waals surface area (Å²) in [5.74, 6) is 0.557. The van der Waals surface area contributed by atoms with E-state index in [1.54, 1.807) is 0 Å². The van der Waals surface area contributed by atoms with E-state index in [1.165, 1.54) is 5.57 Å². The summed E-state index contributed by atoms with van der Waals surface area (Å²) >= 11 is 0. The van der Waals surface area contributed by atoms with E-state index in [4.69, 9.17) is 0 Å². The Hall–Kier alpha value is -0.780. The smallest absolute Gasteiger partial charge is 0.0225 e. The van der Waals surface area contributed by atoms with E-state index < -0.39 is 0 Å². The minimum Gasteiger partial charge on any atom is -0.0956 e. The highest BCUT2D eigenvalue weighted by molar-refractivity contribution is 5.20. The van der Waals surface area contributed by atoms with Gasteiger partial charge in [-0.15, -0.1) is 0 Å². The third-order valence-corrected chi connectivity index (χ3v) is 1.36. The van der Waals surface area contributed by atoms with Crippen molar-refractivity contribution >= 4 is 0 Å². The van der Waals surface area contributed by atoms with Gasteiger partial charge in [0.25, 0.3) is 0 Å². The highest BCUT2D eigenvalue weighted by Crippen LogP contribution is 2.07. The predicted molar refractivity (Wildman–Crippen MR) is 47.9 cm³/mol. The molecule has 0 heterocycles. The number of hydrogen-bond donors (Lipinski definition) is 0. The second-order valence-electron chi connectivity index (χ2n) is 2.61. The van der Waals surface area contributed by atoms with E-state index in [9.17, 15) is 0 Å². The molecule has 0 saturated carbocycles. The van der Waals surface area contributed by atoms with Gasteiger partial charge in [-0.1, -0.05) is 50.3 Å². The minimum atomic E-state index is 0.557. The molecule has 0 aliphatic rings. The van der Waals surface area contributed by atoms with Crippen LogP contribution in [-0.4, -0.2) is 0 Å². The number of hydrogen-bond acceptors (Lipinski definition) is 0. The fourth-order valence-electron chi connectivity index (χ4n) is 0.483. The predicted octanol–water partition coefficient (Wildman–Crippen LogP) is 3.33. The summed E-state index contributed by atoms with van der Waals surface area (Å²) in [6.07, 6.45) is 8.07. The second kappa shape index (κ2) is 5.04. The molecule has 0 N–H and O–H groups in total. The fraction of sp³-hybridized carbons (Fsp3) is 0.400. The quantitative estimate of drug-likeness (QED) is 0.522. The Kier molecular flexibility index (Phi) is 4.65. The van der Waals surface area contributed by atoms with Crippen molar-refractivity contribution in [2.45, 2.75) is 20.8 Å². The molecule has 0 fully saturated rings. The maximum atomic E-state index is 3.91. The lowest BCUT2D eigenvalue weighted by Gasteiger charge is -2.00. The minimum absolute atomic E-state index is 0.557. The molecule has 0 saturated heterocycles. The molecule has 0 aromatic carbocycles. The van der Waals surface area contributed by atoms with Gasteiger partial charge in [0.15, 0.2) is 0 Å². The van der Waals surface area contributed by atoms with E-state index in [2.05, 4.69) is 20.4 Å². The molecule has 0 unspecified atom stereocenters. The van der Waals surface area contributed by atoms with E-state index in [-0.39, 0.29) is 0 Å². The van der Waals surface area contributed by atoms with Gasteiger partial charge in [0.05, 0.1) is 0 Å². The van der Waals surface area contributed by atoms with Crippen LogP contribution < -0.4 is 0 Å². The first-order chi connectivity index (χ1) is 4.68. The topological polar surface area (TPSA) is 0 Å². The zero-order valence-electron chi connectivity index (χ0n) is 7.09. The SMILES string of the molecule is C=C(/C=C\C=C/C)C(C)C. The lowest BCUT2D eigenvalue weighted by Crippen LogP contribution is -1.86. The maximum absolute atomic E-state index is 3.91. The van der Waals surface area contributed by atoms with Gasteiger partial charge in [0.1, 0.15) is 0 Å². The van der Waals surface area contributed by atoms with Gasteiger partial charge < -0.3 is 0 Å². The van der Waals surface area contributed by atoms with Gasteiger partial charge in [-0.05, 0) is 12.8 Å². The molecule has 0 radical (unpaired) electrons. The summed E-state index contributed by atoms with van der Waals surface area (Å²) in [5, 5.41) is 0. The average Bonchev–Trinajstić information content (AvgIpc) is 1.88. The van der Waals surface area contributed by atoms with Crippen LogP contribution in [0.1, 0.15) is 20.8 Å². The molecule has 0 aromatic rings. The molecular formula is C10H16. The zero-order valence-corrected chi connectivity index (χ0v) is 7.09. The first-order valence-electron chi connectivity index (χ1n) is 3.66. The Labute approximate surface area is 64.0 Å². The molecule has 0 aromatic heterocycles. The third-order valence-electron chi connectivity index (χ3n) is 1.36. The monoisotopic (exact) mass is 136 g/mol. The van der Waals surface area contributed by atoms with E-state index in [0.29, 0.717) is 5.92 Å². The van der Waals surface area contributed by atoms with E-state index in [1.807, 2.05) is 31.2 Å². The molecule has 0 nitrogen and oxygen atoms in total. The second-order valence-corrected chi connectivity index (χ2v) is 2.61. The fourth-order valence-corrected chi connectivity index (χ4v) is 0.483. The van der Waals surface area contributed by atoms with Gasteiger partial charge in [-0.2, -0.15) is 0 Å². The van der Waals surface area contributed by atoms with Crippen LogP contribution in [-0.2, 0) is 0 Å². The molecule has 0 aliphatic carbocycles. The van der Waals surface area contributed by atoms with Crippen molar-refractivity contribution in [3.05, 3.63) is 36.5 Å². The van der Waals surface area contributed by atoms with Gasteiger partial charge in [0.2, 0.25) is 0 Å². The Morgan fingerprint density at radius 1 is 1.30 bits per heavy atom. The summed E-state index contributed by atoms with van der Waals surface area (Å²) < 4.78 is 0. The van der Waals surface area contributed by atoms with Crippen molar-refractivity contribution in [2.24, 2.45) is 5.92 Å². The van der Waals surface area contributed by atoms with Crippen molar-refractivity contribution < 1.29 is 0 Å². The molecule has 56 valence electrons. The Morgan fingerprint density at radius 3 is 2.30 bits per heavy atom. The Morgan fingerprint density at radius 2 is 1.90 bits per heavy atom. The van der Waals surface area contributed by atoms with Gasteiger partial charge in [-0.25, -0.2) is 0 Å². The largest absolute Gasteiger partial charge is 0.0956 e. The summed E-state index contributed by atoms with van der Waals surface area (Å²) in [5.41, 5.74) is 1.18. The van der Waals surface area contributed by atoms with Crippen LogP contribution in [0.3, 0.4) is 0 Å². The molecule has 0 atom stereocenters. The highest BCUT2D eigenvalue weighted by atomic mass is 14.0. The molecule has 0 amide bonds. The zero-order chi connectivity index (χ0) is 7.98. The molecule has 0 heteroatoms. The van der Waals surface area contributed by atoms with Crippen LogP contribution in [0.5, 0.6) is 0 Å². The summed E-state index contributed by atoms with van der Waals surface area (Å²) in [7, 11) is 0. The van der Waals surface area contributed by atoms with Gasteiger partial charge in [-0.3, -0.25) is 0 Å². The van der Waals surface area contributed by atoms with Crippen molar-refractivity contribution in [3.63, 3.8) is 0 Å². The average molecular weight is 136 g/mol. The molecule has 0 bridgehead atoms. The molecule has 10 heavy (non-hydrogen) atoms. The van der Waals surface area contributed by atoms with Crippen molar-refractivity contribution in [2.75, 3.05) is 0 Å². The van der Waals surface area contributed by atoms with Crippen LogP contribution in [0, 0.1) is 5.92 Å². The summed E-state index contributed by atoms with van der Waals surface area (Å²) in [6.45, 7) is 10.2. The summed E-state index contributed by atoms with van der Waals surface area (Å²) in [6, 6.07) is 0. The van der Waals surface area contributed by atoms with Crippen LogP contribution in [0.2, 0.25) is 0 Å². The molecule has 0 spiro atoms. The van der Waals surface area contributed by atoms with Crippen LogP contribution >= 0.6 is 0 Å². The normalized spacial score (nSPS) is 12.0. The summed E-state index contributed by atoms with van der Waals surface area (Å²) in [4.78, 5) is 0. The van der Waals surface area contributed by atoms with Crippen LogP contribution in [0.15, 0.2) is 36.5 Å². The molecular weight excluding hydrogens is 120 g/mol. The van der Waals surface area contributed by atoms with E-state index >= 15 is 0 Å². The number of rotatable bonds is 3. The van der Waals surface area contributed by atoms with Crippen molar-refractivity contribution in [1.82, 2.24) is 0 Å². The Balaban J connectivity index is 3.78. The van der Waals surface area contributed by atoms with Gasteiger partial charge in [0, 0.05) is 0 Å². The highest BCUT2D eigenvalue weighted by Gasteiger charge is 1.91. The van der Waals surface area contributed by atoms with Crippen molar-refractivity contribution in [1.29, 1.82) is 0 Å². The van der Waals surface area contributed by atoms with Crippen molar-refractivity contribution in [3.8, 4) is 0 Å². The maximum Gasteiger partial charge on any atom is -0.0225 e. The van der Waals surface area contributed by atoms with Gasteiger partial charge >= 0.3 is 0 Å². The number of allylic oxidation sites excluding steroid dienone is 5. The first kappa shape index (κ1) is 9.22.